The smallest absolute Gasteiger partial charge is 0.124 e. The number of aromatic nitrogens is 2. The van der Waals surface area contributed by atoms with Crippen LogP contribution in [0.25, 0.3) is 0 Å². The number of thiazole rings is 1. The first-order valence-electron chi connectivity index (χ1n) is 5.06. The number of nitrogens with two attached hydrogens (primary N) is 1. The fourth-order valence-corrected chi connectivity index (χ4v) is 2.27. The molecular formula is C11H12N4S2. The molecule has 0 aliphatic rings. The van der Waals surface area contributed by atoms with E-state index >= 15 is 0 Å². The Bertz CT molecular complexity index is 536. The number of hydrogen-bond acceptors (Lipinski definition) is 5. The van der Waals surface area contributed by atoms with Gasteiger partial charge in [0.05, 0.1) is 12.2 Å². The Morgan fingerprint density at radius 2 is 2.41 bits per heavy atom. The lowest BCUT2D eigenvalue weighted by atomic mass is 10.3. The van der Waals surface area contributed by atoms with Gasteiger partial charge in [-0.2, -0.15) is 0 Å². The van der Waals surface area contributed by atoms with Crippen molar-refractivity contribution >= 4 is 34.2 Å². The molecule has 6 heteroatoms. The fraction of sp³-hybridized carbons (Fsp3) is 0.182. The van der Waals surface area contributed by atoms with E-state index in [9.17, 15) is 0 Å². The third kappa shape index (κ3) is 2.98. The Balaban J connectivity index is 2.11. The molecule has 0 aliphatic heterocycles. The topological polar surface area (TPSA) is 63.8 Å². The van der Waals surface area contributed by atoms with Crippen molar-refractivity contribution in [3.05, 3.63) is 40.1 Å². The Morgan fingerprint density at radius 1 is 1.59 bits per heavy atom. The van der Waals surface area contributed by atoms with E-state index < -0.39 is 0 Å². The molecule has 0 bridgehead atoms. The second-order valence-electron chi connectivity index (χ2n) is 3.50. The van der Waals surface area contributed by atoms with Crippen molar-refractivity contribution in [1.82, 2.24) is 9.97 Å². The minimum atomic E-state index is 0.295. The van der Waals surface area contributed by atoms with Crippen LogP contribution in [0.4, 0.5) is 5.69 Å². The summed E-state index contributed by atoms with van der Waals surface area (Å²) in [6.45, 7) is 2.63. The molecule has 88 valence electrons. The van der Waals surface area contributed by atoms with Gasteiger partial charge in [0.2, 0.25) is 0 Å². The number of pyridine rings is 1. The van der Waals surface area contributed by atoms with Crippen LogP contribution in [-0.4, -0.2) is 15.0 Å². The molecule has 2 aromatic heterocycles. The molecule has 0 aromatic carbocycles. The second kappa shape index (κ2) is 5.20. The first kappa shape index (κ1) is 11.9. The molecule has 0 aliphatic carbocycles. The monoisotopic (exact) mass is 264 g/mol. The Morgan fingerprint density at radius 3 is 3.06 bits per heavy atom. The van der Waals surface area contributed by atoms with Crippen molar-refractivity contribution in [2.24, 2.45) is 5.73 Å². The van der Waals surface area contributed by atoms with Gasteiger partial charge >= 0.3 is 0 Å². The van der Waals surface area contributed by atoms with Crippen LogP contribution in [-0.2, 0) is 6.54 Å². The molecule has 2 aromatic rings. The predicted octanol–water partition coefficient (Wildman–Crippen LogP) is 2.09. The minimum absolute atomic E-state index is 0.295. The Labute approximate surface area is 109 Å². The third-order valence-electron chi connectivity index (χ3n) is 2.14. The van der Waals surface area contributed by atoms with Crippen LogP contribution in [0.2, 0.25) is 0 Å². The van der Waals surface area contributed by atoms with Gasteiger partial charge in [-0.25, -0.2) is 4.98 Å². The number of anilines is 1. The molecule has 0 amide bonds. The molecule has 4 nitrogen and oxygen atoms in total. The molecular weight excluding hydrogens is 252 g/mol. The summed E-state index contributed by atoms with van der Waals surface area (Å²) in [4.78, 5) is 8.82. The second-order valence-corrected chi connectivity index (χ2v) is 4.88. The highest BCUT2D eigenvalue weighted by Gasteiger charge is 2.06. The molecule has 0 saturated carbocycles. The highest BCUT2D eigenvalue weighted by Crippen LogP contribution is 2.15. The summed E-state index contributed by atoms with van der Waals surface area (Å²) in [5, 5.41) is 6.29. The van der Waals surface area contributed by atoms with Gasteiger partial charge in [0.15, 0.2) is 0 Å². The van der Waals surface area contributed by atoms with Crippen LogP contribution in [0, 0.1) is 6.92 Å². The third-order valence-corrected chi connectivity index (χ3v) is 3.30. The van der Waals surface area contributed by atoms with Gasteiger partial charge in [-0.15, -0.1) is 11.3 Å². The van der Waals surface area contributed by atoms with E-state index in [0.29, 0.717) is 17.2 Å². The minimum Gasteiger partial charge on any atom is -0.388 e. The standard InChI is InChI=1S/C11H12N4S2/c1-7-6-17-9(15-7)5-14-8-3-2-4-13-10(8)11(12)16/h2-4,6,14H,5H2,1H3,(H2,12,16). The summed E-state index contributed by atoms with van der Waals surface area (Å²) in [5.41, 5.74) is 8.10. The van der Waals surface area contributed by atoms with E-state index in [1.165, 1.54) is 0 Å². The molecule has 0 saturated heterocycles. The first-order valence-corrected chi connectivity index (χ1v) is 6.35. The summed E-state index contributed by atoms with van der Waals surface area (Å²) in [7, 11) is 0. The number of nitrogens with one attached hydrogen (secondary N) is 1. The summed E-state index contributed by atoms with van der Waals surface area (Å²) < 4.78 is 0. The maximum absolute atomic E-state index is 5.60. The van der Waals surface area contributed by atoms with Crippen LogP contribution in [0.1, 0.15) is 16.4 Å². The number of aryl methyl sites for hydroxylation is 1. The number of thiocarbonyl (C=S) groups is 1. The van der Waals surface area contributed by atoms with Gasteiger partial charge in [-0.05, 0) is 19.1 Å². The lowest BCUT2D eigenvalue weighted by molar-refractivity contribution is 1.07. The maximum atomic E-state index is 5.60. The summed E-state index contributed by atoms with van der Waals surface area (Å²) in [6, 6.07) is 3.75. The van der Waals surface area contributed by atoms with Crippen molar-refractivity contribution in [3.8, 4) is 0 Å². The van der Waals surface area contributed by atoms with Crippen molar-refractivity contribution in [2.45, 2.75) is 13.5 Å². The quantitative estimate of drug-likeness (QED) is 0.828. The molecule has 0 fully saturated rings. The SMILES string of the molecule is Cc1csc(CNc2cccnc2C(N)=S)n1. The number of rotatable bonds is 4. The Kier molecular flexibility index (Phi) is 3.65. The molecule has 17 heavy (non-hydrogen) atoms. The zero-order valence-electron chi connectivity index (χ0n) is 9.30. The largest absolute Gasteiger partial charge is 0.388 e. The van der Waals surface area contributed by atoms with Gasteiger partial charge < -0.3 is 11.1 Å². The van der Waals surface area contributed by atoms with E-state index in [0.717, 1.165) is 16.4 Å². The average molecular weight is 264 g/mol. The van der Waals surface area contributed by atoms with Crippen molar-refractivity contribution in [3.63, 3.8) is 0 Å². The normalized spacial score (nSPS) is 10.2. The van der Waals surface area contributed by atoms with Gasteiger partial charge in [0.1, 0.15) is 15.7 Å². The maximum Gasteiger partial charge on any atom is 0.124 e. The first-order chi connectivity index (χ1) is 8.16. The van der Waals surface area contributed by atoms with Crippen LogP contribution < -0.4 is 11.1 Å². The molecule has 3 N–H and O–H groups in total. The van der Waals surface area contributed by atoms with Gasteiger partial charge in [-0.3, -0.25) is 4.98 Å². The van der Waals surface area contributed by atoms with E-state index in [1.807, 2.05) is 24.4 Å². The van der Waals surface area contributed by atoms with E-state index in [-0.39, 0.29) is 0 Å². The zero-order chi connectivity index (χ0) is 12.3. The van der Waals surface area contributed by atoms with Crippen LogP contribution in [0.5, 0.6) is 0 Å². The van der Waals surface area contributed by atoms with Crippen molar-refractivity contribution in [2.75, 3.05) is 5.32 Å². The lowest BCUT2D eigenvalue weighted by Gasteiger charge is -2.08. The predicted molar refractivity (Wildman–Crippen MR) is 74.3 cm³/mol. The molecule has 2 rings (SSSR count). The number of hydrogen-bond donors (Lipinski definition) is 2. The molecule has 2 heterocycles. The molecule has 0 unspecified atom stereocenters. The van der Waals surface area contributed by atoms with E-state index in [2.05, 4.69) is 15.3 Å². The van der Waals surface area contributed by atoms with Crippen LogP contribution in [0.3, 0.4) is 0 Å². The average Bonchev–Trinajstić information content (AvgIpc) is 2.73. The van der Waals surface area contributed by atoms with Crippen molar-refractivity contribution < 1.29 is 0 Å². The number of nitrogens with zero attached hydrogens (tertiary/aromatic N) is 2. The summed E-state index contributed by atoms with van der Waals surface area (Å²) >= 11 is 6.57. The molecule has 0 atom stereocenters. The van der Waals surface area contributed by atoms with E-state index in [4.69, 9.17) is 18.0 Å². The van der Waals surface area contributed by atoms with Gasteiger partial charge in [0.25, 0.3) is 0 Å². The summed E-state index contributed by atoms with van der Waals surface area (Å²) in [5.74, 6) is 0. The summed E-state index contributed by atoms with van der Waals surface area (Å²) in [6.07, 6.45) is 1.67. The van der Waals surface area contributed by atoms with Crippen LogP contribution in [0.15, 0.2) is 23.7 Å². The fourth-order valence-electron chi connectivity index (χ4n) is 1.40. The van der Waals surface area contributed by atoms with Gasteiger partial charge in [-0.1, -0.05) is 12.2 Å². The van der Waals surface area contributed by atoms with E-state index in [1.54, 1.807) is 17.5 Å². The van der Waals surface area contributed by atoms with Crippen molar-refractivity contribution in [1.29, 1.82) is 0 Å². The highest BCUT2D eigenvalue weighted by molar-refractivity contribution is 7.80. The molecule has 0 radical (unpaired) electrons. The van der Waals surface area contributed by atoms with Gasteiger partial charge in [0, 0.05) is 17.3 Å². The lowest BCUT2D eigenvalue weighted by Crippen LogP contribution is -2.15. The highest BCUT2D eigenvalue weighted by atomic mass is 32.1. The van der Waals surface area contributed by atoms with Crippen LogP contribution >= 0.6 is 23.6 Å². The Hall–Kier alpha value is -1.53. The zero-order valence-corrected chi connectivity index (χ0v) is 10.9. The molecule has 0 spiro atoms.